The highest BCUT2D eigenvalue weighted by molar-refractivity contribution is 7.17. The molecule has 0 radical (unpaired) electrons. The molecule has 1 unspecified atom stereocenters. The molecule has 144 valence electrons. The van der Waals surface area contributed by atoms with Crippen molar-refractivity contribution in [2.45, 2.75) is 25.3 Å². The molecule has 1 fully saturated rings. The summed E-state index contributed by atoms with van der Waals surface area (Å²) in [7, 11) is 0. The van der Waals surface area contributed by atoms with Crippen LogP contribution in [-0.4, -0.2) is 35.0 Å². The number of pyridine rings is 1. The predicted molar refractivity (Wildman–Crippen MR) is 113 cm³/mol. The van der Waals surface area contributed by atoms with Crippen LogP contribution < -0.4 is 4.74 Å². The molecule has 0 spiro atoms. The summed E-state index contributed by atoms with van der Waals surface area (Å²) >= 11 is 7.80. The van der Waals surface area contributed by atoms with Gasteiger partial charge in [-0.15, -0.1) is 11.3 Å². The fraction of sp³-hybridized carbons (Fsp3) is 0.273. The van der Waals surface area contributed by atoms with Crippen LogP contribution in [0.15, 0.2) is 60.9 Å². The molecule has 3 aromatic rings. The van der Waals surface area contributed by atoms with Crippen molar-refractivity contribution in [3.8, 4) is 16.2 Å². The second kappa shape index (κ2) is 8.76. The Balaban J connectivity index is 1.48. The number of hydrogen-bond acceptors (Lipinski definition) is 4. The number of halogens is 1. The molecule has 6 heteroatoms. The Bertz CT molecular complexity index is 944. The lowest BCUT2D eigenvalue weighted by Gasteiger charge is -2.35. The minimum absolute atomic E-state index is 0.0720. The molecule has 0 N–H and O–H groups in total. The van der Waals surface area contributed by atoms with Crippen molar-refractivity contribution in [1.29, 1.82) is 0 Å². The van der Waals surface area contributed by atoms with Crippen molar-refractivity contribution in [2.24, 2.45) is 0 Å². The van der Waals surface area contributed by atoms with Gasteiger partial charge in [-0.25, -0.2) is 0 Å². The predicted octanol–water partition coefficient (Wildman–Crippen LogP) is 5.54. The summed E-state index contributed by atoms with van der Waals surface area (Å²) in [5, 5.41) is 0.698. The zero-order valence-corrected chi connectivity index (χ0v) is 17.0. The summed E-state index contributed by atoms with van der Waals surface area (Å²) in [5.41, 5.74) is 0.961. The Morgan fingerprint density at radius 1 is 1.18 bits per heavy atom. The van der Waals surface area contributed by atoms with Gasteiger partial charge in [0.2, 0.25) is 0 Å². The molecule has 0 saturated carbocycles. The van der Waals surface area contributed by atoms with Gasteiger partial charge in [-0.1, -0.05) is 29.8 Å². The topological polar surface area (TPSA) is 42.4 Å². The van der Waals surface area contributed by atoms with Gasteiger partial charge in [0, 0.05) is 28.2 Å². The van der Waals surface area contributed by atoms with E-state index in [-0.39, 0.29) is 11.9 Å². The third-order valence-electron chi connectivity index (χ3n) is 4.92. The number of hydrogen-bond donors (Lipinski definition) is 0. The molecule has 0 aliphatic carbocycles. The van der Waals surface area contributed by atoms with Crippen LogP contribution in [0.5, 0.6) is 5.75 Å². The third-order valence-corrected chi connectivity index (χ3v) is 6.36. The smallest absolute Gasteiger partial charge is 0.264 e. The van der Waals surface area contributed by atoms with Crippen LogP contribution in [0.1, 0.15) is 28.9 Å². The number of ether oxygens (including phenoxy) is 1. The number of aromatic nitrogens is 1. The first-order valence-electron chi connectivity index (χ1n) is 9.41. The van der Waals surface area contributed by atoms with E-state index in [1.54, 1.807) is 12.4 Å². The van der Waals surface area contributed by atoms with E-state index in [2.05, 4.69) is 4.98 Å². The van der Waals surface area contributed by atoms with Crippen molar-refractivity contribution in [3.63, 3.8) is 0 Å². The van der Waals surface area contributed by atoms with Crippen LogP contribution in [0.2, 0.25) is 5.02 Å². The standard InChI is InChI=1S/C22H21ClN2O2S/c23-19-9-2-1-8-18(19)20-10-11-21(28-20)22(26)25-13-4-3-6-16(25)15-27-17-7-5-12-24-14-17/h1-2,5,7-12,14,16H,3-4,6,13,15H2. The lowest BCUT2D eigenvalue weighted by atomic mass is 10.0. The Kier molecular flexibility index (Phi) is 5.93. The van der Waals surface area contributed by atoms with E-state index >= 15 is 0 Å². The van der Waals surface area contributed by atoms with Crippen molar-refractivity contribution >= 4 is 28.8 Å². The molecule has 0 bridgehead atoms. The lowest BCUT2D eigenvalue weighted by molar-refractivity contribution is 0.0533. The minimum atomic E-state index is 0.0720. The molecule has 1 aliphatic rings. The SMILES string of the molecule is O=C(c1ccc(-c2ccccc2Cl)s1)N1CCCCC1COc1cccnc1. The number of rotatable bonds is 5. The molecule has 28 heavy (non-hydrogen) atoms. The van der Waals surface area contributed by atoms with Crippen molar-refractivity contribution in [2.75, 3.05) is 13.2 Å². The van der Waals surface area contributed by atoms with E-state index in [4.69, 9.17) is 16.3 Å². The van der Waals surface area contributed by atoms with Crippen molar-refractivity contribution in [1.82, 2.24) is 9.88 Å². The van der Waals surface area contributed by atoms with Crippen molar-refractivity contribution < 1.29 is 9.53 Å². The maximum atomic E-state index is 13.2. The van der Waals surface area contributed by atoms with E-state index in [0.29, 0.717) is 11.6 Å². The van der Waals surface area contributed by atoms with Gasteiger partial charge in [0.15, 0.2) is 0 Å². The number of amides is 1. The molecular weight excluding hydrogens is 392 g/mol. The normalized spacial score (nSPS) is 16.8. The van der Waals surface area contributed by atoms with Crippen LogP contribution in [0, 0.1) is 0 Å². The first-order chi connectivity index (χ1) is 13.7. The van der Waals surface area contributed by atoms with Gasteiger partial charge in [-0.05, 0) is 49.6 Å². The second-order valence-electron chi connectivity index (χ2n) is 6.79. The van der Waals surface area contributed by atoms with E-state index in [1.807, 2.05) is 53.4 Å². The van der Waals surface area contributed by atoms with Gasteiger partial charge in [0.05, 0.1) is 17.1 Å². The van der Waals surface area contributed by atoms with Gasteiger partial charge in [0.25, 0.3) is 5.91 Å². The summed E-state index contributed by atoms with van der Waals surface area (Å²) in [6, 6.07) is 15.4. The molecule has 2 aromatic heterocycles. The number of carbonyl (C=O) groups excluding carboxylic acids is 1. The van der Waals surface area contributed by atoms with Gasteiger partial charge in [-0.2, -0.15) is 0 Å². The fourth-order valence-electron chi connectivity index (χ4n) is 3.47. The Morgan fingerprint density at radius 3 is 2.89 bits per heavy atom. The number of carbonyl (C=O) groups is 1. The summed E-state index contributed by atoms with van der Waals surface area (Å²) in [6.45, 7) is 1.25. The lowest BCUT2D eigenvalue weighted by Crippen LogP contribution is -2.46. The average molecular weight is 413 g/mol. The molecule has 4 rings (SSSR count). The van der Waals surface area contributed by atoms with Crippen LogP contribution >= 0.6 is 22.9 Å². The van der Waals surface area contributed by atoms with Crippen molar-refractivity contribution in [3.05, 3.63) is 70.8 Å². The summed E-state index contributed by atoms with van der Waals surface area (Å²) in [5.74, 6) is 0.806. The number of piperidine rings is 1. The summed E-state index contributed by atoms with van der Waals surface area (Å²) in [6.07, 6.45) is 6.51. The first kappa shape index (κ1) is 19.0. The minimum Gasteiger partial charge on any atom is -0.490 e. The monoisotopic (exact) mass is 412 g/mol. The molecule has 1 aliphatic heterocycles. The number of likely N-dealkylation sites (tertiary alicyclic amines) is 1. The number of nitrogens with zero attached hydrogens (tertiary/aromatic N) is 2. The Morgan fingerprint density at radius 2 is 2.07 bits per heavy atom. The molecule has 4 nitrogen and oxygen atoms in total. The molecule has 1 saturated heterocycles. The summed E-state index contributed by atoms with van der Waals surface area (Å²) < 4.78 is 5.88. The van der Waals surface area contributed by atoms with Crippen LogP contribution in [-0.2, 0) is 0 Å². The van der Waals surface area contributed by atoms with Gasteiger partial charge < -0.3 is 9.64 Å². The Labute approximate surface area is 173 Å². The number of thiophene rings is 1. The molecule has 3 heterocycles. The molecular formula is C22H21ClN2O2S. The van der Waals surface area contributed by atoms with Crippen LogP contribution in [0.3, 0.4) is 0 Å². The number of benzene rings is 1. The Hall–Kier alpha value is -2.37. The van der Waals surface area contributed by atoms with Crippen LogP contribution in [0.4, 0.5) is 0 Å². The van der Waals surface area contributed by atoms with E-state index in [1.165, 1.54) is 11.3 Å². The highest BCUT2D eigenvalue weighted by Crippen LogP contribution is 2.34. The van der Waals surface area contributed by atoms with E-state index < -0.39 is 0 Å². The van der Waals surface area contributed by atoms with Crippen LogP contribution in [0.25, 0.3) is 10.4 Å². The van der Waals surface area contributed by atoms with Gasteiger partial charge in [-0.3, -0.25) is 9.78 Å². The fourth-order valence-corrected chi connectivity index (χ4v) is 4.76. The maximum Gasteiger partial charge on any atom is 0.264 e. The van der Waals surface area contributed by atoms with Gasteiger partial charge >= 0.3 is 0 Å². The zero-order chi connectivity index (χ0) is 19.3. The average Bonchev–Trinajstić information content (AvgIpc) is 3.23. The molecule has 1 atom stereocenters. The zero-order valence-electron chi connectivity index (χ0n) is 15.4. The molecule has 1 amide bonds. The first-order valence-corrected chi connectivity index (χ1v) is 10.6. The highest BCUT2D eigenvalue weighted by atomic mass is 35.5. The maximum absolute atomic E-state index is 13.2. The second-order valence-corrected chi connectivity index (χ2v) is 8.28. The van der Waals surface area contributed by atoms with E-state index in [9.17, 15) is 4.79 Å². The van der Waals surface area contributed by atoms with Gasteiger partial charge in [0.1, 0.15) is 12.4 Å². The highest BCUT2D eigenvalue weighted by Gasteiger charge is 2.29. The third kappa shape index (κ3) is 4.21. The molecule has 1 aromatic carbocycles. The van der Waals surface area contributed by atoms with E-state index in [0.717, 1.165) is 46.9 Å². The quantitative estimate of drug-likeness (QED) is 0.552. The summed E-state index contributed by atoms with van der Waals surface area (Å²) in [4.78, 5) is 21.0. The largest absolute Gasteiger partial charge is 0.490 e.